The average molecular weight is 247 g/mol. The van der Waals surface area contributed by atoms with Gasteiger partial charge in [-0.15, -0.1) is 11.8 Å². The van der Waals surface area contributed by atoms with Crippen LogP contribution in [-0.4, -0.2) is 11.9 Å². The predicted octanol–water partition coefficient (Wildman–Crippen LogP) is 4.15. The highest BCUT2D eigenvalue weighted by molar-refractivity contribution is 7.99. The van der Waals surface area contributed by atoms with Crippen molar-refractivity contribution in [3.63, 3.8) is 0 Å². The minimum absolute atomic E-state index is 0.0670. The molecule has 0 N–H and O–H groups in total. The maximum Gasteiger partial charge on any atom is 0.398 e. The Bertz CT molecular complexity index is 399. The summed E-state index contributed by atoms with van der Waals surface area (Å²) in [5.41, 5.74) is 8.76. The van der Waals surface area contributed by atoms with Gasteiger partial charge in [0, 0.05) is 9.81 Å². The normalized spacial score (nSPS) is 10.9. The molecule has 7 heteroatoms. The molecule has 0 unspecified atom stereocenters. The van der Waals surface area contributed by atoms with Crippen molar-refractivity contribution in [1.82, 2.24) is 0 Å². The number of rotatable bonds is 4. The molecule has 0 spiro atoms. The predicted molar refractivity (Wildman–Crippen MR) is 56.1 cm³/mol. The molecule has 86 valence electrons. The van der Waals surface area contributed by atoms with Crippen molar-refractivity contribution in [1.29, 1.82) is 0 Å². The molecule has 0 aliphatic heterocycles. The Morgan fingerprint density at radius 1 is 1.31 bits per heavy atom. The van der Waals surface area contributed by atoms with E-state index in [1.165, 1.54) is 0 Å². The number of azide groups is 1. The Hall–Kier alpha value is -1.33. The second-order valence-corrected chi connectivity index (χ2v) is 3.92. The maximum absolute atomic E-state index is 12.0. The molecule has 16 heavy (non-hydrogen) atoms. The van der Waals surface area contributed by atoms with Crippen molar-refractivity contribution in [2.45, 2.75) is 17.6 Å². The first-order chi connectivity index (χ1) is 7.53. The smallest absolute Gasteiger partial charge is 0.170 e. The van der Waals surface area contributed by atoms with E-state index in [1.54, 1.807) is 24.3 Å². The molecule has 0 heterocycles. The molecule has 0 bridgehead atoms. The molecule has 0 amide bonds. The first-order valence-electron chi connectivity index (χ1n) is 4.31. The van der Waals surface area contributed by atoms with Crippen molar-refractivity contribution in [2.24, 2.45) is 5.11 Å². The SMILES string of the molecule is [N-]=[N+]=NCc1ccccc1SCC(F)(F)F. The summed E-state index contributed by atoms with van der Waals surface area (Å²) >= 11 is 0.696. The molecule has 0 aliphatic rings. The minimum Gasteiger partial charge on any atom is -0.170 e. The Morgan fingerprint density at radius 2 is 2.00 bits per heavy atom. The standard InChI is InChI=1S/C9H8F3N3S/c10-9(11,12)6-16-8-4-2-1-3-7(8)5-14-15-13/h1-4H,5-6H2. The van der Waals surface area contributed by atoms with Gasteiger partial charge in [-0.3, -0.25) is 0 Å². The lowest BCUT2D eigenvalue weighted by Gasteiger charge is -2.08. The molecule has 3 nitrogen and oxygen atoms in total. The van der Waals surface area contributed by atoms with Crippen LogP contribution in [0.2, 0.25) is 0 Å². The number of nitrogens with zero attached hydrogens (tertiary/aromatic N) is 3. The van der Waals surface area contributed by atoms with Crippen LogP contribution in [0.4, 0.5) is 13.2 Å². The molecule has 1 rings (SSSR count). The molecule has 1 aromatic carbocycles. The number of benzene rings is 1. The zero-order valence-electron chi connectivity index (χ0n) is 8.11. The third-order valence-electron chi connectivity index (χ3n) is 1.67. The van der Waals surface area contributed by atoms with Gasteiger partial charge in [0.15, 0.2) is 0 Å². The second-order valence-electron chi connectivity index (χ2n) is 2.90. The molecule has 0 saturated heterocycles. The van der Waals surface area contributed by atoms with Crippen LogP contribution in [0.3, 0.4) is 0 Å². The van der Waals surface area contributed by atoms with E-state index >= 15 is 0 Å². The Balaban J connectivity index is 2.74. The minimum atomic E-state index is -4.20. The summed E-state index contributed by atoms with van der Waals surface area (Å²) < 4.78 is 36.1. The fraction of sp³-hybridized carbons (Fsp3) is 0.333. The summed E-state index contributed by atoms with van der Waals surface area (Å²) in [7, 11) is 0. The van der Waals surface area contributed by atoms with Gasteiger partial charge in [-0.1, -0.05) is 23.3 Å². The zero-order valence-corrected chi connectivity index (χ0v) is 8.92. The van der Waals surface area contributed by atoms with E-state index in [1.807, 2.05) is 0 Å². The maximum atomic E-state index is 12.0. The average Bonchev–Trinajstić information content (AvgIpc) is 2.23. The molecule has 0 saturated carbocycles. The van der Waals surface area contributed by atoms with E-state index in [-0.39, 0.29) is 6.54 Å². The highest BCUT2D eigenvalue weighted by Crippen LogP contribution is 2.29. The van der Waals surface area contributed by atoms with Gasteiger partial charge in [0.25, 0.3) is 0 Å². The summed E-state index contributed by atoms with van der Waals surface area (Å²) in [6.45, 7) is 0.0670. The van der Waals surface area contributed by atoms with Gasteiger partial charge in [0.1, 0.15) is 0 Å². The Kier molecular flexibility index (Phi) is 4.52. The summed E-state index contributed by atoms with van der Waals surface area (Å²) in [6, 6.07) is 6.57. The lowest BCUT2D eigenvalue weighted by molar-refractivity contribution is -0.105. The van der Waals surface area contributed by atoms with Gasteiger partial charge in [0.2, 0.25) is 0 Å². The van der Waals surface area contributed by atoms with Crippen molar-refractivity contribution < 1.29 is 13.2 Å². The van der Waals surface area contributed by atoms with Gasteiger partial charge in [-0.25, -0.2) is 0 Å². The topological polar surface area (TPSA) is 48.8 Å². The van der Waals surface area contributed by atoms with Gasteiger partial charge >= 0.3 is 6.18 Å². The number of halogens is 3. The Labute approximate surface area is 94.3 Å². The lowest BCUT2D eigenvalue weighted by atomic mass is 10.2. The number of hydrogen-bond acceptors (Lipinski definition) is 2. The number of thioether (sulfide) groups is 1. The van der Waals surface area contributed by atoms with E-state index < -0.39 is 11.9 Å². The van der Waals surface area contributed by atoms with Crippen LogP contribution in [0.5, 0.6) is 0 Å². The third kappa shape index (κ3) is 4.46. The Morgan fingerprint density at radius 3 is 2.62 bits per heavy atom. The monoisotopic (exact) mass is 247 g/mol. The lowest BCUT2D eigenvalue weighted by Crippen LogP contribution is -2.10. The summed E-state index contributed by atoms with van der Waals surface area (Å²) in [4.78, 5) is 3.07. The van der Waals surface area contributed by atoms with Crippen LogP contribution >= 0.6 is 11.8 Å². The van der Waals surface area contributed by atoms with Gasteiger partial charge < -0.3 is 0 Å². The fourth-order valence-electron chi connectivity index (χ4n) is 1.04. The first-order valence-corrected chi connectivity index (χ1v) is 5.30. The van der Waals surface area contributed by atoms with Crippen LogP contribution in [0.15, 0.2) is 34.3 Å². The van der Waals surface area contributed by atoms with Crippen molar-refractivity contribution in [2.75, 3.05) is 5.75 Å². The molecule has 0 fully saturated rings. The molecule has 0 radical (unpaired) electrons. The highest BCUT2D eigenvalue weighted by atomic mass is 32.2. The van der Waals surface area contributed by atoms with Crippen molar-refractivity contribution in [3.8, 4) is 0 Å². The van der Waals surface area contributed by atoms with E-state index in [4.69, 9.17) is 5.53 Å². The molecule has 1 aromatic rings. The van der Waals surface area contributed by atoms with E-state index in [0.29, 0.717) is 22.2 Å². The van der Waals surface area contributed by atoms with E-state index in [0.717, 1.165) is 0 Å². The van der Waals surface area contributed by atoms with Gasteiger partial charge in [-0.2, -0.15) is 13.2 Å². The van der Waals surface area contributed by atoms with Crippen LogP contribution in [0.1, 0.15) is 5.56 Å². The van der Waals surface area contributed by atoms with Crippen molar-refractivity contribution in [3.05, 3.63) is 40.3 Å². The van der Waals surface area contributed by atoms with Gasteiger partial charge in [0.05, 0.1) is 12.3 Å². The first kappa shape index (κ1) is 12.7. The third-order valence-corrected chi connectivity index (χ3v) is 2.85. The summed E-state index contributed by atoms with van der Waals surface area (Å²) in [6.07, 6.45) is -4.20. The number of hydrogen-bond donors (Lipinski definition) is 0. The van der Waals surface area contributed by atoms with Crippen molar-refractivity contribution >= 4 is 11.8 Å². The highest BCUT2D eigenvalue weighted by Gasteiger charge is 2.27. The molecular formula is C9H8F3N3S. The fourth-order valence-corrected chi connectivity index (χ4v) is 1.85. The molecule has 0 aromatic heterocycles. The zero-order chi connectivity index (χ0) is 12.0. The number of alkyl halides is 3. The summed E-state index contributed by atoms with van der Waals surface area (Å²) in [5.74, 6) is -0.944. The van der Waals surface area contributed by atoms with Crippen LogP contribution in [-0.2, 0) is 6.54 Å². The van der Waals surface area contributed by atoms with E-state index in [2.05, 4.69) is 10.0 Å². The van der Waals surface area contributed by atoms with E-state index in [9.17, 15) is 13.2 Å². The largest absolute Gasteiger partial charge is 0.398 e. The summed E-state index contributed by atoms with van der Waals surface area (Å²) in [5, 5.41) is 3.33. The molecule has 0 aliphatic carbocycles. The van der Waals surface area contributed by atoms with Crippen LogP contribution in [0.25, 0.3) is 10.4 Å². The van der Waals surface area contributed by atoms with Crippen LogP contribution < -0.4 is 0 Å². The molecule has 0 atom stereocenters. The quantitative estimate of drug-likeness (QED) is 0.341. The van der Waals surface area contributed by atoms with Gasteiger partial charge in [-0.05, 0) is 17.2 Å². The molecular weight excluding hydrogens is 239 g/mol. The second kappa shape index (κ2) is 5.67. The van der Waals surface area contributed by atoms with Crippen LogP contribution in [0, 0.1) is 0 Å².